The molecule has 1 unspecified atom stereocenters. The van der Waals surface area contributed by atoms with E-state index < -0.39 is 6.10 Å². The lowest BCUT2D eigenvalue weighted by atomic mass is 10.1. The third-order valence-corrected chi connectivity index (χ3v) is 3.80. The Bertz CT molecular complexity index is 615. The highest BCUT2D eigenvalue weighted by molar-refractivity contribution is 9.10. The van der Waals surface area contributed by atoms with Crippen molar-refractivity contribution < 1.29 is 14.2 Å². The lowest BCUT2D eigenvalue weighted by Gasteiger charge is -2.14. The van der Waals surface area contributed by atoms with Crippen LogP contribution in [0, 0.1) is 5.82 Å². The molecule has 0 spiro atoms. The van der Waals surface area contributed by atoms with Crippen LogP contribution >= 0.6 is 31.9 Å². The van der Waals surface area contributed by atoms with Gasteiger partial charge < -0.3 is 9.84 Å². The minimum Gasteiger partial charge on any atom is -0.488 e. The number of halogens is 3. The minimum atomic E-state index is -0.648. The monoisotopic (exact) mass is 402 g/mol. The first kappa shape index (κ1) is 15.5. The van der Waals surface area contributed by atoms with Crippen LogP contribution in [0.2, 0.25) is 0 Å². The highest BCUT2D eigenvalue weighted by atomic mass is 79.9. The summed E-state index contributed by atoms with van der Waals surface area (Å²) < 4.78 is 20.9. The molecule has 0 aliphatic carbocycles. The molecule has 0 saturated carbocycles. The molecular weight excluding hydrogens is 391 g/mol. The first-order valence-electron chi connectivity index (χ1n) is 6.01. The zero-order valence-corrected chi connectivity index (χ0v) is 13.9. The standard InChI is InChI=1S/C15H13Br2FO2/c1-9(19)13-4-2-12(17)7-15(13)20-8-10-6-11(16)3-5-14(10)18/h2-7,9,19H,8H2,1H3. The molecule has 0 aliphatic rings. The average molecular weight is 404 g/mol. The molecule has 0 fully saturated rings. The Balaban J connectivity index is 2.22. The van der Waals surface area contributed by atoms with Crippen molar-refractivity contribution in [2.75, 3.05) is 0 Å². The lowest BCUT2D eigenvalue weighted by Crippen LogP contribution is -2.02. The number of ether oxygens (including phenoxy) is 1. The Morgan fingerprint density at radius 2 is 1.80 bits per heavy atom. The highest BCUT2D eigenvalue weighted by Crippen LogP contribution is 2.29. The molecule has 1 N–H and O–H groups in total. The molecule has 0 saturated heterocycles. The molecule has 0 radical (unpaired) electrons. The molecule has 5 heteroatoms. The van der Waals surface area contributed by atoms with Crippen LogP contribution in [0.15, 0.2) is 45.3 Å². The zero-order chi connectivity index (χ0) is 14.7. The van der Waals surface area contributed by atoms with Crippen molar-refractivity contribution in [2.45, 2.75) is 19.6 Å². The molecular formula is C15H13Br2FO2. The van der Waals surface area contributed by atoms with Crippen molar-refractivity contribution in [1.29, 1.82) is 0 Å². The maximum Gasteiger partial charge on any atom is 0.129 e. The molecule has 0 aliphatic heterocycles. The Morgan fingerprint density at radius 1 is 1.15 bits per heavy atom. The van der Waals surface area contributed by atoms with E-state index in [1.165, 1.54) is 6.07 Å². The van der Waals surface area contributed by atoms with Crippen molar-refractivity contribution in [3.05, 3.63) is 62.3 Å². The first-order chi connectivity index (χ1) is 9.47. The third kappa shape index (κ3) is 3.81. The van der Waals surface area contributed by atoms with E-state index >= 15 is 0 Å². The summed E-state index contributed by atoms with van der Waals surface area (Å²) in [5.41, 5.74) is 1.12. The second kappa shape index (κ2) is 6.70. The molecule has 2 rings (SSSR count). The van der Waals surface area contributed by atoms with E-state index in [1.807, 2.05) is 6.07 Å². The van der Waals surface area contributed by atoms with Gasteiger partial charge in [0.05, 0.1) is 6.10 Å². The van der Waals surface area contributed by atoms with Crippen molar-refractivity contribution in [3.8, 4) is 5.75 Å². The van der Waals surface area contributed by atoms with E-state index in [0.717, 1.165) is 8.95 Å². The van der Waals surface area contributed by atoms with Crippen LogP contribution in [0.3, 0.4) is 0 Å². The van der Waals surface area contributed by atoms with E-state index in [4.69, 9.17) is 4.74 Å². The average Bonchev–Trinajstić information content (AvgIpc) is 2.39. The smallest absolute Gasteiger partial charge is 0.129 e. The van der Waals surface area contributed by atoms with Gasteiger partial charge in [-0.1, -0.05) is 37.9 Å². The normalized spacial score (nSPS) is 12.2. The maximum absolute atomic E-state index is 13.7. The molecule has 2 aromatic carbocycles. The number of aliphatic hydroxyl groups is 1. The van der Waals surface area contributed by atoms with Crippen molar-refractivity contribution in [1.82, 2.24) is 0 Å². The van der Waals surface area contributed by atoms with Gasteiger partial charge >= 0.3 is 0 Å². The van der Waals surface area contributed by atoms with Gasteiger partial charge in [-0.2, -0.15) is 0 Å². The van der Waals surface area contributed by atoms with Crippen LogP contribution < -0.4 is 4.74 Å². The van der Waals surface area contributed by atoms with Gasteiger partial charge in [0.2, 0.25) is 0 Å². The van der Waals surface area contributed by atoms with E-state index in [2.05, 4.69) is 31.9 Å². The molecule has 2 aromatic rings. The summed E-state index contributed by atoms with van der Waals surface area (Å²) in [5.74, 6) is 0.218. The van der Waals surface area contributed by atoms with Crippen LogP contribution in [0.5, 0.6) is 5.75 Å². The quantitative estimate of drug-likeness (QED) is 0.779. The second-order valence-corrected chi connectivity index (χ2v) is 6.21. The summed E-state index contributed by atoms with van der Waals surface area (Å²) >= 11 is 6.66. The van der Waals surface area contributed by atoms with Gasteiger partial charge in [-0.25, -0.2) is 4.39 Å². The number of rotatable bonds is 4. The summed E-state index contributed by atoms with van der Waals surface area (Å²) in [7, 11) is 0. The Hall–Kier alpha value is -0.910. The largest absolute Gasteiger partial charge is 0.488 e. The first-order valence-corrected chi connectivity index (χ1v) is 7.60. The minimum absolute atomic E-state index is 0.0987. The fraction of sp³-hybridized carbons (Fsp3) is 0.200. The summed E-state index contributed by atoms with van der Waals surface area (Å²) in [6, 6.07) is 10.1. The Morgan fingerprint density at radius 3 is 2.50 bits per heavy atom. The molecule has 0 heterocycles. The van der Waals surface area contributed by atoms with Crippen molar-refractivity contribution >= 4 is 31.9 Å². The maximum atomic E-state index is 13.7. The van der Waals surface area contributed by atoms with E-state index in [1.54, 1.807) is 31.2 Å². The van der Waals surface area contributed by atoms with Gasteiger partial charge in [0.15, 0.2) is 0 Å². The Kier molecular flexibility index (Phi) is 5.18. The fourth-order valence-corrected chi connectivity index (χ4v) is 2.54. The van der Waals surface area contributed by atoms with Gasteiger partial charge in [0.25, 0.3) is 0 Å². The number of hydrogen-bond donors (Lipinski definition) is 1. The van der Waals surface area contributed by atoms with Gasteiger partial charge in [-0.05, 0) is 37.3 Å². The number of benzene rings is 2. The number of hydrogen-bond acceptors (Lipinski definition) is 2. The van der Waals surface area contributed by atoms with Crippen LogP contribution in [0.25, 0.3) is 0 Å². The van der Waals surface area contributed by atoms with Gasteiger partial charge in [-0.3, -0.25) is 0 Å². The lowest BCUT2D eigenvalue weighted by molar-refractivity contribution is 0.190. The predicted octanol–water partition coefficient (Wildman–Crippen LogP) is 4.98. The topological polar surface area (TPSA) is 29.5 Å². The van der Waals surface area contributed by atoms with Crippen LogP contribution in [-0.4, -0.2) is 5.11 Å². The molecule has 106 valence electrons. The van der Waals surface area contributed by atoms with E-state index in [0.29, 0.717) is 16.9 Å². The predicted molar refractivity (Wildman–Crippen MR) is 83.2 cm³/mol. The summed E-state index contributed by atoms with van der Waals surface area (Å²) in [5, 5.41) is 9.71. The molecule has 0 amide bonds. The van der Waals surface area contributed by atoms with Crippen LogP contribution in [0.4, 0.5) is 4.39 Å². The van der Waals surface area contributed by atoms with Gasteiger partial charge in [-0.15, -0.1) is 0 Å². The zero-order valence-electron chi connectivity index (χ0n) is 10.7. The molecule has 20 heavy (non-hydrogen) atoms. The van der Waals surface area contributed by atoms with Crippen LogP contribution in [0.1, 0.15) is 24.2 Å². The molecule has 0 bridgehead atoms. The third-order valence-electron chi connectivity index (χ3n) is 2.82. The summed E-state index contributed by atoms with van der Waals surface area (Å²) in [4.78, 5) is 0. The highest BCUT2D eigenvalue weighted by Gasteiger charge is 2.11. The van der Waals surface area contributed by atoms with Crippen molar-refractivity contribution in [2.24, 2.45) is 0 Å². The van der Waals surface area contributed by atoms with Crippen LogP contribution in [-0.2, 0) is 6.61 Å². The van der Waals surface area contributed by atoms with Gasteiger partial charge in [0.1, 0.15) is 18.2 Å². The SMILES string of the molecule is CC(O)c1ccc(Br)cc1OCc1cc(Br)ccc1F. The van der Waals surface area contributed by atoms with E-state index in [-0.39, 0.29) is 12.4 Å². The molecule has 0 aromatic heterocycles. The van der Waals surface area contributed by atoms with Crippen molar-refractivity contribution in [3.63, 3.8) is 0 Å². The van der Waals surface area contributed by atoms with Gasteiger partial charge in [0, 0.05) is 20.1 Å². The summed E-state index contributed by atoms with van der Waals surface area (Å²) in [6.45, 7) is 1.76. The molecule has 2 nitrogen and oxygen atoms in total. The fourth-order valence-electron chi connectivity index (χ4n) is 1.79. The molecule has 1 atom stereocenters. The van der Waals surface area contributed by atoms with E-state index in [9.17, 15) is 9.50 Å². The second-order valence-electron chi connectivity index (χ2n) is 4.38. The Labute approximate surface area is 133 Å². The number of aliphatic hydroxyl groups excluding tert-OH is 1. The summed E-state index contributed by atoms with van der Waals surface area (Å²) in [6.07, 6.45) is -0.648.